The maximum atomic E-state index is 4.59. The van der Waals surface area contributed by atoms with E-state index in [1.165, 1.54) is 22.0 Å². The van der Waals surface area contributed by atoms with Crippen LogP contribution in [0, 0.1) is 6.92 Å². The molecule has 1 N–H and O–H groups in total. The molecule has 0 aliphatic carbocycles. The van der Waals surface area contributed by atoms with Gasteiger partial charge in [-0.1, -0.05) is 6.92 Å². The second kappa shape index (κ2) is 4.41. The fraction of sp³-hybridized carbons (Fsp3) is 0.727. The lowest BCUT2D eigenvalue weighted by Crippen LogP contribution is -2.32. The number of aromatic nitrogens is 1. The Kier molecular flexibility index (Phi) is 3.67. The van der Waals surface area contributed by atoms with E-state index in [1.807, 2.05) is 18.4 Å². The van der Waals surface area contributed by atoms with Crippen molar-refractivity contribution in [3.05, 3.63) is 15.6 Å². The van der Waals surface area contributed by atoms with E-state index in [-0.39, 0.29) is 5.54 Å². The Morgan fingerprint density at radius 3 is 2.57 bits per heavy atom. The van der Waals surface area contributed by atoms with Gasteiger partial charge in [0.15, 0.2) is 0 Å². The van der Waals surface area contributed by atoms with Gasteiger partial charge in [-0.3, -0.25) is 0 Å². The van der Waals surface area contributed by atoms with Gasteiger partial charge in [0.05, 0.1) is 10.7 Å². The van der Waals surface area contributed by atoms with E-state index in [9.17, 15) is 0 Å². The first-order valence-electron chi connectivity index (χ1n) is 5.17. The minimum atomic E-state index is 0.0493. The van der Waals surface area contributed by atoms with Crippen molar-refractivity contribution >= 4 is 11.3 Å². The van der Waals surface area contributed by atoms with Gasteiger partial charge in [0.2, 0.25) is 0 Å². The molecule has 1 heterocycles. The fourth-order valence-corrected chi connectivity index (χ4v) is 2.74. The molecule has 0 saturated heterocycles. The summed E-state index contributed by atoms with van der Waals surface area (Å²) in [4.78, 5) is 5.96. The van der Waals surface area contributed by atoms with Crippen LogP contribution in [-0.2, 0) is 12.0 Å². The summed E-state index contributed by atoms with van der Waals surface area (Å²) in [7, 11) is 2.00. The lowest BCUT2D eigenvalue weighted by atomic mass is 10.0. The SMILES string of the molecule is CCCc1nc(C)c(C(C)(C)NC)s1. The summed E-state index contributed by atoms with van der Waals surface area (Å²) in [6.45, 7) is 8.69. The first kappa shape index (κ1) is 11.7. The number of hydrogen-bond acceptors (Lipinski definition) is 3. The predicted octanol–water partition coefficient (Wildman–Crippen LogP) is 2.86. The van der Waals surface area contributed by atoms with Gasteiger partial charge in [-0.05, 0) is 40.7 Å². The second-order valence-electron chi connectivity index (χ2n) is 4.15. The third-order valence-corrected chi connectivity index (χ3v) is 4.04. The highest BCUT2D eigenvalue weighted by Crippen LogP contribution is 2.29. The lowest BCUT2D eigenvalue weighted by Gasteiger charge is -2.22. The largest absolute Gasteiger partial charge is 0.310 e. The Balaban J connectivity index is 2.98. The Bertz CT molecular complexity index is 302. The van der Waals surface area contributed by atoms with Crippen molar-refractivity contribution in [2.45, 2.75) is 46.1 Å². The van der Waals surface area contributed by atoms with Gasteiger partial charge >= 0.3 is 0 Å². The number of aryl methyl sites for hydroxylation is 2. The third kappa shape index (κ3) is 2.34. The Morgan fingerprint density at radius 2 is 2.07 bits per heavy atom. The third-order valence-electron chi connectivity index (χ3n) is 2.50. The lowest BCUT2D eigenvalue weighted by molar-refractivity contribution is 0.450. The molecule has 80 valence electrons. The van der Waals surface area contributed by atoms with Crippen molar-refractivity contribution in [2.24, 2.45) is 0 Å². The molecule has 0 fully saturated rings. The zero-order valence-corrected chi connectivity index (χ0v) is 10.6. The van der Waals surface area contributed by atoms with Crippen LogP contribution < -0.4 is 5.32 Å². The summed E-state index contributed by atoms with van der Waals surface area (Å²) in [6, 6.07) is 0. The van der Waals surface area contributed by atoms with Gasteiger partial charge in [0, 0.05) is 10.4 Å². The highest BCUT2D eigenvalue weighted by Gasteiger charge is 2.23. The average molecular weight is 212 g/mol. The van der Waals surface area contributed by atoms with E-state index in [2.05, 4.69) is 38.0 Å². The van der Waals surface area contributed by atoms with Crippen LogP contribution in [0.25, 0.3) is 0 Å². The van der Waals surface area contributed by atoms with E-state index in [0.717, 1.165) is 6.42 Å². The van der Waals surface area contributed by atoms with Crippen LogP contribution in [0.4, 0.5) is 0 Å². The van der Waals surface area contributed by atoms with Crippen LogP contribution in [-0.4, -0.2) is 12.0 Å². The summed E-state index contributed by atoms with van der Waals surface area (Å²) < 4.78 is 0. The highest BCUT2D eigenvalue weighted by atomic mass is 32.1. The molecule has 0 aromatic carbocycles. The molecule has 1 rings (SSSR count). The zero-order chi connectivity index (χ0) is 10.8. The van der Waals surface area contributed by atoms with Crippen molar-refractivity contribution in [3.8, 4) is 0 Å². The van der Waals surface area contributed by atoms with Crippen LogP contribution in [0.15, 0.2) is 0 Å². The molecule has 0 saturated carbocycles. The monoisotopic (exact) mass is 212 g/mol. The summed E-state index contributed by atoms with van der Waals surface area (Å²) in [5.74, 6) is 0. The molecule has 1 aromatic rings. The number of hydrogen-bond donors (Lipinski definition) is 1. The average Bonchev–Trinajstić information content (AvgIpc) is 2.48. The Labute approximate surface area is 90.8 Å². The van der Waals surface area contributed by atoms with Gasteiger partial charge in [-0.25, -0.2) is 4.98 Å². The molecular weight excluding hydrogens is 192 g/mol. The van der Waals surface area contributed by atoms with Crippen molar-refractivity contribution in [1.29, 1.82) is 0 Å². The standard InChI is InChI=1S/C11H20N2S/c1-6-7-9-13-8(2)10(14-9)11(3,4)12-5/h12H,6-7H2,1-5H3. The van der Waals surface area contributed by atoms with Crippen molar-refractivity contribution in [1.82, 2.24) is 10.3 Å². The molecule has 0 radical (unpaired) electrons. The van der Waals surface area contributed by atoms with Crippen LogP contribution in [0.2, 0.25) is 0 Å². The molecule has 0 atom stereocenters. The summed E-state index contributed by atoms with van der Waals surface area (Å²) in [6.07, 6.45) is 2.28. The Hall–Kier alpha value is -0.410. The van der Waals surface area contributed by atoms with Crippen molar-refractivity contribution in [3.63, 3.8) is 0 Å². The summed E-state index contributed by atoms with van der Waals surface area (Å²) in [5.41, 5.74) is 1.23. The van der Waals surface area contributed by atoms with Gasteiger partial charge in [0.1, 0.15) is 0 Å². The first-order chi connectivity index (χ1) is 6.51. The smallest absolute Gasteiger partial charge is 0.0931 e. The molecule has 0 bridgehead atoms. The summed E-state index contributed by atoms with van der Waals surface area (Å²) >= 11 is 1.84. The number of thiazole rings is 1. The molecule has 0 aliphatic rings. The zero-order valence-electron chi connectivity index (χ0n) is 9.77. The maximum absolute atomic E-state index is 4.59. The topological polar surface area (TPSA) is 24.9 Å². The van der Waals surface area contributed by atoms with E-state index < -0.39 is 0 Å². The quantitative estimate of drug-likeness (QED) is 0.830. The van der Waals surface area contributed by atoms with E-state index in [1.54, 1.807) is 0 Å². The van der Waals surface area contributed by atoms with Crippen LogP contribution in [0.5, 0.6) is 0 Å². The Morgan fingerprint density at radius 1 is 1.43 bits per heavy atom. The van der Waals surface area contributed by atoms with E-state index in [4.69, 9.17) is 0 Å². The summed E-state index contributed by atoms with van der Waals surface area (Å²) in [5, 5.41) is 4.59. The minimum absolute atomic E-state index is 0.0493. The molecular formula is C11H20N2S. The molecule has 1 aromatic heterocycles. The number of rotatable bonds is 4. The van der Waals surface area contributed by atoms with Gasteiger partial charge in [-0.15, -0.1) is 11.3 Å². The maximum Gasteiger partial charge on any atom is 0.0931 e. The number of nitrogens with zero attached hydrogens (tertiary/aromatic N) is 1. The molecule has 2 nitrogen and oxygen atoms in total. The fourth-order valence-electron chi connectivity index (χ4n) is 1.47. The van der Waals surface area contributed by atoms with Gasteiger partial charge < -0.3 is 5.32 Å². The molecule has 0 amide bonds. The van der Waals surface area contributed by atoms with E-state index >= 15 is 0 Å². The van der Waals surface area contributed by atoms with Crippen LogP contribution in [0.1, 0.15) is 42.8 Å². The molecule has 0 spiro atoms. The van der Waals surface area contributed by atoms with E-state index in [0.29, 0.717) is 0 Å². The molecule has 14 heavy (non-hydrogen) atoms. The second-order valence-corrected chi connectivity index (χ2v) is 5.23. The van der Waals surface area contributed by atoms with Gasteiger partial charge in [0.25, 0.3) is 0 Å². The predicted molar refractivity (Wildman–Crippen MR) is 62.9 cm³/mol. The molecule has 3 heteroatoms. The number of nitrogens with one attached hydrogen (secondary N) is 1. The normalized spacial score (nSPS) is 12.1. The highest BCUT2D eigenvalue weighted by molar-refractivity contribution is 7.11. The first-order valence-corrected chi connectivity index (χ1v) is 5.98. The van der Waals surface area contributed by atoms with Gasteiger partial charge in [-0.2, -0.15) is 0 Å². The van der Waals surface area contributed by atoms with Crippen LogP contribution in [0.3, 0.4) is 0 Å². The molecule has 0 aliphatic heterocycles. The minimum Gasteiger partial charge on any atom is -0.310 e. The molecule has 0 unspecified atom stereocenters. The van der Waals surface area contributed by atoms with Crippen molar-refractivity contribution < 1.29 is 0 Å². The van der Waals surface area contributed by atoms with Crippen LogP contribution >= 0.6 is 11.3 Å². The van der Waals surface area contributed by atoms with Crippen molar-refractivity contribution in [2.75, 3.05) is 7.05 Å².